The molecule has 0 aliphatic heterocycles. The standard InChI is InChI=1S/C32H44N2O2/c1-3-4-5-6-7-8-9-10-14-22-32(35)34(25-28-17-12-11-13-18-28)27-30-20-16-23-33(30)26-29-19-15-21-31(24-29)36-2/h11-13,15-21,23-24H,3-10,14,22,25-27H2,1-2H3. The van der Waals surface area contributed by atoms with Crippen molar-refractivity contribution in [3.63, 3.8) is 0 Å². The van der Waals surface area contributed by atoms with E-state index in [1.54, 1.807) is 7.11 Å². The Balaban J connectivity index is 1.57. The Morgan fingerprint density at radius 1 is 0.778 bits per heavy atom. The maximum Gasteiger partial charge on any atom is 0.223 e. The second-order valence-electron chi connectivity index (χ2n) is 9.79. The molecule has 0 N–H and O–H groups in total. The summed E-state index contributed by atoms with van der Waals surface area (Å²) >= 11 is 0. The molecule has 194 valence electrons. The first-order valence-electron chi connectivity index (χ1n) is 13.8. The summed E-state index contributed by atoms with van der Waals surface area (Å²) in [4.78, 5) is 15.4. The number of ether oxygens (including phenoxy) is 1. The Kier molecular flexibility index (Phi) is 12.2. The number of rotatable bonds is 17. The van der Waals surface area contributed by atoms with Gasteiger partial charge in [0, 0.05) is 31.4 Å². The molecule has 3 rings (SSSR count). The number of nitrogens with zero attached hydrogens (tertiary/aromatic N) is 2. The Morgan fingerprint density at radius 2 is 1.47 bits per heavy atom. The molecular formula is C32H44N2O2. The fourth-order valence-electron chi connectivity index (χ4n) is 4.69. The number of carbonyl (C=O) groups is 1. The summed E-state index contributed by atoms with van der Waals surface area (Å²) in [5, 5.41) is 0. The first kappa shape index (κ1) is 27.6. The highest BCUT2D eigenvalue weighted by atomic mass is 16.5. The van der Waals surface area contributed by atoms with E-state index in [1.165, 1.54) is 56.1 Å². The van der Waals surface area contributed by atoms with Gasteiger partial charge in [0.2, 0.25) is 5.91 Å². The second kappa shape index (κ2) is 15.9. The molecule has 0 saturated heterocycles. The van der Waals surface area contributed by atoms with Crippen LogP contribution in [-0.4, -0.2) is 22.5 Å². The molecule has 1 aromatic heterocycles. The smallest absolute Gasteiger partial charge is 0.223 e. The third-order valence-corrected chi connectivity index (χ3v) is 6.83. The van der Waals surface area contributed by atoms with Gasteiger partial charge in [0.15, 0.2) is 0 Å². The number of hydrogen-bond acceptors (Lipinski definition) is 2. The first-order chi connectivity index (χ1) is 17.7. The van der Waals surface area contributed by atoms with Gasteiger partial charge in [-0.1, -0.05) is 101 Å². The van der Waals surface area contributed by atoms with Crippen molar-refractivity contribution in [1.82, 2.24) is 9.47 Å². The van der Waals surface area contributed by atoms with E-state index in [2.05, 4.69) is 54.1 Å². The van der Waals surface area contributed by atoms with Gasteiger partial charge in [0.1, 0.15) is 5.75 Å². The summed E-state index contributed by atoms with van der Waals surface area (Å²) in [6.07, 6.45) is 14.1. The summed E-state index contributed by atoms with van der Waals surface area (Å²) in [7, 11) is 1.70. The SMILES string of the molecule is CCCCCCCCCCCC(=O)N(Cc1ccccc1)Cc1cccn1Cc1cccc(OC)c1. The van der Waals surface area contributed by atoms with Crippen LogP contribution in [0.15, 0.2) is 72.9 Å². The summed E-state index contributed by atoms with van der Waals surface area (Å²) in [6, 6.07) is 22.7. The molecule has 36 heavy (non-hydrogen) atoms. The van der Waals surface area contributed by atoms with Crippen molar-refractivity contribution in [3.8, 4) is 5.75 Å². The second-order valence-corrected chi connectivity index (χ2v) is 9.79. The van der Waals surface area contributed by atoms with Crippen molar-refractivity contribution >= 4 is 5.91 Å². The van der Waals surface area contributed by atoms with E-state index in [0.29, 0.717) is 19.5 Å². The zero-order valence-corrected chi connectivity index (χ0v) is 22.3. The number of unbranched alkanes of at least 4 members (excludes halogenated alkanes) is 8. The quantitative estimate of drug-likeness (QED) is 0.180. The van der Waals surface area contributed by atoms with E-state index in [9.17, 15) is 4.79 Å². The number of aromatic nitrogens is 1. The van der Waals surface area contributed by atoms with Crippen LogP contribution in [0, 0.1) is 0 Å². The summed E-state index contributed by atoms with van der Waals surface area (Å²) in [6.45, 7) is 4.27. The monoisotopic (exact) mass is 488 g/mol. The minimum Gasteiger partial charge on any atom is -0.497 e. The van der Waals surface area contributed by atoms with Gasteiger partial charge in [-0.15, -0.1) is 0 Å². The predicted molar refractivity (Wildman–Crippen MR) is 149 cm³/mol. The summed E-state index contributed by atoms with van der Waals surface area (Å²) in [5.74, 6) is 1.11. The highest BCUT2D eigenvalue weighted by Crippen LogP contribution is 2.18. The number of carbonyl (C=O) groups excluding carboxylic acids is 1. The van der Waals surface area contributed by atoms with E-state index >= 15 is 0 Å². The van der Waals surface area contributed by atoms with E-state index in [-0.39, 0.29) is 5.91 Å². The van der Waals surface area contributed by atoms with Gasteiger partial charge >= 0.3 is 0 Å². The van der Waals surface area contributed by atoms with Crippen LogP contribution in [0.1, 0.15) is 88.0 Å². The van der Waals surface area contributed by atoms with Crippen LogP contribution < -0.4 is 4.74 Å². The van der Waals surface area contributed by atoms with E-state index in [4.69, 9.17) is 4.74 Å². The largest absolute Gasteiger partial charge is 0.497 e. The number of methoxy groups -OCH3 is 1. The lowest BCUT2D eigenvalue weighted by atomic mass is 10.1. The predicted octanol–water partition coefficient (Wildman–Crippen LogP) is 7.99. The van der Waals surface area contributed by atoms with E-state index in [1.807, 2.05) is 35.2 Å². The maximum atomic E-state index is 13.3. The third kappa shape index (κ3) is 9.56. The van der Waals surface area contributed by atoms with Gasteiger partial charge in [-0.05, 0) is 41.8 Å². The molecule has 0 radical (unpaired) electrons. The van der Waals surface area contributed by atoms with Crippen molar-refractivity contribution in [3.05, 3.63) is 89.7 Å². The lowest BCUT2D eigenvalue weighted by Crippen LogP contribution is -2.30. The lowest BCUT2D eigenvalue weighted by Gasteiger charge is -2.24. The fourth-order valence-corrected chi connectivity index (χ4v) is 4.69. The molecule has 0 aliphatic rings. The topological polar surface area (TPSA) is 34.5 Å². The van der Waals surface area contributed by atoms with Crippen LogP contribution in [-0.2, 0) is 24.4 Å². The first-order valence-corrected chi connectivity index (χ1v) is 13.8. The average Bonchev–Trinajstić information content (AvgIpc) is 3.34. The molecular weight excluding hydrogens is 444 g/mol. The number of benzene rings is 2. The minimum atomic E-state index is 0.246. The van der Waals surface area contributed by atoms with Gasteiger partial charge in [-0.2, -0.15) is 0 Å². The van der Waals surface area contributed by atoms with Gasteiger partial charge in [-0.3, -0.25) is 4.79 Å². The molecule has 1 heterocycles. The third-order valence-electron chi connectivity index (χ3n) is 6.83. The fraction of sp³-hybridized carbons (Fsp3) is 0.469. The molecule has 0 saturated carbocycles. The molecule has 0 aliphatic carbocycles. The molecule has 1 amide bonds. The molecule has 0 fully saturated rings. The van der Waals surface area contributed by atoms with Crippen LogP contribution in [0.5, 0.6) is 5.75 Å². The highest BCUT2D eigenvalue weighted by Gasteiger charge is 2.16. The molecule has 0 atom stereocenters. The molecule has 0 spiro atoms. The van der Waals surface area contributed by atoms with Crippen molar-refractivity contribution < 1.29 is 9.53 Å². The van der Waals surface area contributed by atoms with Gasteiger partial charge in [-0.25, -0.2) is 0 Å². The molecule has 3 aromatic rings. The zero-order valence-electron chi connectivity index (χ0n) is 22.3. The molecule has 4 nitrogen and oxygen atoms in total. The Morgan fingerprint density at radius 3 is 2.19 bits per heavy atom. The van der Waals surface area contributed by atoms with Crippen LogP contribution >= 0.6 is 0 Å². The van der Waals surface area contributed by atoms with E-state index < -0.39 is 0 Å². The maximum absolute atomic E-state index is 13.3. The zero-order chi connectivity index (χ0) is 25.4. The molecule has 0 bridgehead atoms. The minimum absolute atomic E-state index is 0.246. The summed E-state index contributed by atoms with van der Waals surface area (Å²) in [5.41, 5.74) is 3.50. The Bertz CT molecular complexity index is 1010. The van der Waals surface area contributed by atoms with Crippen LogP contribution in [0.4, 0.5) is 0 Å². The van der Waals surface area contributed by atoms with Gasteiger partial charge < -0.3 is 14.2 Å². The number of hydrogen-bond donors (Lipinski definition) is 0. The van der Waals surface area contributed by atoms with Crippen LogP contribution in [0.2, 0.25) is 0 Å². The normalized spacial score (nSPS) is 10.9. The van der Waals surface area contributed by atoms with Crippen molar-refractivity contribution in [2.24, 2.45) is 0 Å². The van der Waals surface area contributed by atoms with Crippen molar-refractivity contribution in [2.45, 2.75) is 90.8 Å². The Hall–Kier alpha value is -3.01. The average molecular weight is 489 g/mol. The molecule has 4 heteroatoms. The van der Waals surface area contributed by atoms with Gasteiger partial charge in [0.25, 0.3) is 0 Å². The van der Waals surface area contributed by atoms with Crippen molar-refractivity contribution in [2.75, 3.05) is 7.11 Å². The summed E-state index contributed by atoms with van der Waals surface area (Å²) < 4.78 is 7.62. The number of amides is 1. The van der Waals surface area contributed by atoms with E-state index in [0.717, 1.165) is 30.8 Å². The van der Waals surface area contributed by atoms with Crippen LogP contribution in [0.25, 0.3) is 0 Å². The van der Waals surface area contributed by atoms with Crippen LogP contribution in [0.3, 0.4) is 0 Å². The molecule has 0 unspecified atom stereocenters. The Labute approximate surface area is 218 Å². The highest BCUT2D eigenvalue weighted by molar-refractivity contribution is 5.76. The molecule has 2 aromatic carbocycles. The lowest BCUT2D eigenvalue weighted by molar-refractivity contribution is -0.132. The van der Waals surface area contributed by atoms with Gasteiger partial charge in [0.05, 0.1) is 13.7 Å². The van der Waals surface area contributed by atoms with Crippen molar-refractivity contribution in [1.29, 1.82) is 0 Å².